The van der Waals surface area contributed by atoms with E-state index in [1.165, 1.54) is 0 Å². The number of hydrogen-bond acceptors (Lipinski definition) is 4. The molecule has 0 bridgehead atoms. The lowest BCUT2D eigenvalue weighted by atomic mass is 9.56. The van der Waals surface area contributed by atoms with Crippen LogP contribution in [0.4, 0.5) is 0 Å². The molecule has 0 amide bonds. The molecule has 6 nitrogen and oxygen atoms in total. The summed E-state index contributed by atoms with van der Waals surface area (Å²) < 4.78 is 10.9. The summed E-state index contributed by atoms with van der Waals surface area (Å²) in [6, 6.07) is 0.347. The minimum atomic E-state index is -0.0846. The maximum absolute atomic E-state index is 5.70. The van der Waals surface area contributed by atoms with Crippen LogP contribution in [0.2, 0.25) is 0 Å². The summed E-state index contributed by atoms with van der Waals surface area (Å²) in [7, 11) is 1.79. The average molecular weight is 336 g/mol. The molecule has 1 aromatic rings. The van der Waals surface area contributed by atoms with Gasteiger partial charge in [-0.25, -0.2) is 0 Å². The maximum atomic E-state index is 5.70. The Morgan fingerprint density at radius 1 is 1.38 bits per heavy atom. The lowest BCUT2D eigenvalue weighted by Crippen LogP contribution is -2.69. The molecule has 1 aliphatic carbocycles. The lowest BCUT2D eigenvalue weighted by molar-refractivity contribution is -0.176. The second-order valence-electron chi connectivity index (χ2n) is 7.37. The zero-order chi connectivity index (χ0) is 18.0. The van der Waals surface area contributed by atoms with Gasteiger partial charge in [0.25, 0.3) is 0 Å². The predicted molar refractivity (Wildman–Crippen MR) is 96.4 cm³/mol. The largest absolute Gasteiger partial charge is 0.378 e. The first-order valence-electron chi connectivity index (χ1n) is 8.77. The quantitative estimate of drug-likeness (QED) is 0.617. The third-order valence-electron chi connectivity index (χ3n) is 5.75. The van der Waals surface area contributed by atoms with E-state index < -0.39 is 0 Å². The molecule has 1 aromatic heterocycles. The maximum Gasteiger partial charge on any atom is 0.191 e. The van der Waals surface area contributed by atoms with Gasteiger partial charge in [0.2, 0.25) is 0 Å². The normalized spacial score (nSPS) is 26.1. The molecule has 1 heterocycles. The number of aliphatic imine (C=N–C) groups is 1. The van der Waals surface area contributed by atoms with Gasteiger partial charge in [0.05, 0.1) is 11.3 Å². The number of guanidine groups is 1. The first-order valence-corrected chi connectivity index (χ1v) is 8.77. The molecule has 1 saturated carbocycles. The molecule has 0 radical (unpaired) electrons. The summed E-state index contributed by atoms with van der Waals surface area (Å²) in [5.41, 5.74) is 2.08. The molecule has 2 atom stereocenters. The first kappa shape index (κ1) is 18.8. The van der Waals surface area contributed by atoms with Crippen LogP contribution < -0.4 is 10.6 Å². The van der Waals surface area contributed by atoms with Crippen LogP contribution in [0.3, 0.4) is 0 Å². The van der Waals surface area contributed by atoms with Crippen LogP contribution in [0.1, 0.15) is 51.1 Å². The summed E-state index contributed by atoms with van der Waals surface area (Å²) in [6.07, 6.45) is 1.81. The summed E-state index contributed by atoms with van der Waals surface area (Å²) in [6.45, 7) is 14.2. The van der Waals surface area contributed by atoms with Crippen molar-refractivity contribution in [2.45, 2.75) is 66.0 Å². The molecule has 24 heavy (non-hydrogen) atoms. The van der Waals surface area contributed by atoms with Gasteiger partial charge in [0.15, 0.2) is 5.96 Å². The zero-order valence-corrected chi connectivity index (χ0v) is 16.1. The van der Waals surface area contributed by atoms with E-state index in [2.05, 4.69) is 43.5 Å². The first-order chi connectivity index (χ1) is 11.2. The Bertz CT molecular complexity index is 574. The van der Waals surface area contributed by atoms with Gasteiger partial charge in [-0.15, -0.1) is 0 Å². The van der Waals surface area contributed by atoms with Gasteiger partial charge in [-0.2, -0.15) is 0 Å². The molecule has 1 aliphatic rings. The number of aryl methyl sites for hydroxylation is 2. The van der Waals surface area contributed by atoms with E-state index in [-0.39, 0.29) is 11.0 Å². The summed E-state index contributed by atoms with van der Waals surface area (Å²) in [4.78, 5) is 4.72. The average Bonchev–Trinajstić information content (AvgIpc) is 2.86. The third kappa shape index (κ3) is 3.43. The Kier molecular flexibility index (Phi) is 5.58. The standard InChI is InChI=1S/C18H32N4O2/c1-8-19-16(20-10-9-14-12(2)22-24-13(14)3)21-15-11-18(6,23-7)17(15,4)5/h15H,8-11H2,1-7H3,(H2,19,20,21). The molecular weight excluding hydrogens is 304 g/mol. The summed E-state index contributed by atoms with van der Waals surface area (Å²) in [5, 5.41) is 10.9. The van der Waals surface area contributed by atoms with Crippen molar-refractivity contribution in [3.8, 4) is 0 Å². The van der Waals surface area contributed by atoms with Crippen LogP contribution in [-0.4, -0.2) is 43.0 Å². The molecule has 2 unspecified atom stereocenters. The SMILES string of the molecule is CCNC(=NCCc1c(C)noc1C)NC1CC(C)(OC)C1(C)C. The minimum absolute atomic E-state index is 0.0552. The highest BCUT2D eigenvalue weighted by Crippen LogP contribution is 2.51. The predicted octanol–water partition coefficient (Wildman–Crippen LogP) is 2.59. The highest BCUT2D eigenvalue weighted by Gasteiger charge is 2.58. The topological polar surface area (TPSA) is 71.7 Å². The molecule has 136 valence electrons. The number of ether oxygens (including phenoxy) is 1. The number of rotatable bonds is 6. The van der Waals surface area contributed by atoms with Crippen molar-refractivity contribution < 1.29 is 9.26 Å². The van der Waals surface area contributed by atoms with Crippen LogP contribution in [-0.2, 0) is 11.2 Å². The van der Waals surface area contributed by atoms with Gasteiger partial charge in [-0.1, -0.05) is 19.0 Å². The Hall–Kier alpha value is -1.56. The van der Waals surface area contributed by atoms with E-state index >= 15 is 0 Å². The number of methoxy groups -OCH3 is 1. The summed E-state index contributed by atoms with van der Waals surface area (Å²) in [5.74, 6) is 1.75. The molecule has 0 spiro atoms. The number of hydrogen-bond donors (Lipinski definition) is 2. The van der Waals surface area contributed by atoms with Crippen molar-refractivity contribution in [1.29, 1.82) is 0 Å². The fourth-order valence-corrected chi connectivity index (χ4v) is 3.35. The van der Waals surface area contributed by atoms with Gasteiger partial charge >= 0.3 is 0 Å². The van der Waals surface area contributed by atoms with Crippen molar-refractivity contribution in [1.82, 2.24) is 15.8 Å². The van der Waals surface area contributed by atoms with E-state index in [9.17, 15) is 0 Å². The van der Waals surface area contributed by atoms with Crippen molar-refractivity contribution in [2.24, 2.45) is 10.4 Å². The number of aromatic nitrogens is 1. The lowest BCUT2D eigenvalue weighted by Gasteiger charge is -2.59. The number of nitrogens with one attached hydrogen (secondary N) is 2. The van der Waals surface area contributed by atoms with Gasteiger partial charge in [0.1, 0.15) is 5.76 Å². The van der Waals surface area contributed by atoms with E-state index in [4.69, 9.17) is 14.3 Å². The van der Waals surface area contributed by atoms with Crippen LogP contribution >= 0.6 is 0 Å². The van der Waals surface area contributed by atoms with Gasteiger partial charge < -0.3 is 19.9 Å². The van der Waals surface area contributed by atoms with E-state index in [1.54, 1.807) is 7.11 Å². The molecular formula is C18H32N4O2. The van der Waals surface area contributed by atoms with Crippen LogP contribution in [0, 0.1) is 19.3 Å². The van der Waals surface area contributed by atoms with E-state index in [0.717, 1.165) is 42.4 Å². The molecule has 6 heteroatoms. The minimum Gasteiger partial charge on any atom is -0.378 e. The summed E-state index contributed by atoms with van der Waals surface area (Å²) >= 11 is 0. The molecule has 2 N–H and O–H groups in total. The van der Waals surface area contributed by atoms with Gasteiger partial charge in [-0.05, 0) is 40.5 Å². The molecule has 2 rings (SSSR count). The second-order valence-corrected chi connectivity index (χ2v) is 7.37. The van der Waals surface area contributed by atoms with Crippen molar-refractivity contribution in [3.63, 3.8) is 0 Å². The molecule has 0 aromatic carbocycles. The van der Waals surface area contributed by atoms with E-state index in [1.807, 2.05) is 13.8 Å². The van der Waals surface area contributed by atoms with E-state index in [0.29, 0.717) is 12.6 Å². The van der Waals surface area contributed by atoms with Crippen molar-refractivity contribution in [3.05, 3.63) is 17.0 Å². The Morgan fingerprint density at radius 2 is 2.08 bits per heavy atom. The monoisotopic (exact) mass is 336 g/mol. The fraction of sp³-hybridized carbons (Fsp3) is 0.778. The van der Waals surface area contributed by atoms with Crippen molar-refractivity contribution in [2.75, 3.05) is 20.2 Å². The second kappa shape index (κ2) is 7.13. The van der Waals surface area contributed by atoms with Crippen LogP contribution in [0.25, 0.3) is 0 Å². The van der Waals surface area contributed by atoms with Gasteiger partial charge in [0, 0.05) is 37.2 Å². The molecule has 0 aliphatic heterocycles. The third-order valence-corrected chi connectivity index (χ3v) is 5.75. The zero-order valence-electron chi connectivity index (χ0n) is 16.1. The van der Waals surface area contributed by atoms with Gasteiger partial charge in [-0.3, -0.25) is 4.99 Å². The van der Waals surface area contributed by atoms with Crippen LogP contribution in [0.15, 0.2) is 9.52 Å². The fourth-order valence-electron chi connectivity index (χ4n) is 3.35. The number of nitrogens with zero attached hydrogens (tertiary/aromatic N) is 2. The Morgan fingerprint density at radius 3 is 2.58 bits per heavy atom. The molecule has 0 saturated heterocycles. The Balaban J connectivity index is 1.97. The van der Waals surface area contributed by atoms with Crippen molar-refractivity contribution >= 4 is 5.96 Å². The Labute approximate surface area is 145 Å². The van der Waals surface area contributed by atoms with Crippen LogP contribution in [0.5, 0.6) is 0 Å². The molecule has 1 fully saturated rings. The smallest absolute Gasteiger partial charge is 0.191 e. The highest BCUT2D eigenvalue weighted by atomic mass is 16.5. The highest BCUT2D eigenvalue weighted by molar-refractivity contribution is 5.80.